The second-order valence-corrected chi connectivity index (χ2v) is 6.62. The van der Waals surface area contributed by atoms with Gasteiger partial charge in [0, 0.05) is 24.1 Å². The smallest absolute Gasteiger partial charge is 0.418 e. The van der Waals surface area contributed by atoms with E-state index in [2.05, 4.69) is 5.10 Å². The van der Waals surface area contributed by atoms with Crippen molar-refractivity contribution in [3.63, 3.8) is 0 Å². The predicted octanol–water partition coefficient (Wildman–Crippen LogP) is 3.14. The van der Waals surface area contributed by atoms with Gasteiger partial charge < -0.3 is 10.1 Å². The van der Waals surface area contributed by atoms with E-state index in [4.69, 9.17) is 4.74 Å². The zero-order valence-electron chi connectivity index (χ0n) is 16.9. The zero-order valence-corrected chi connectivity index (χ0v) is 16.9. The van der Waals surface area contributed by atoms with Gasteiger partial charge in [0.25, 0.3) is 17.2 Å². The molecule has 0 radical (unpaired) electrons. The highest BCUT2D eigenvalue weighted by Crippen LogP contribution is 2.37. The lowest BCUT2D eigenvalue weighted by Crippen LogP contribution is -2.27. The lowest BCUT2D eigenvalue weighted by atomic mass is 10.1. The van der Waals surface area contributed by atoms with Crippen LogP contribution < -0.4 is 10.9 Å². The van der Waals surface area contributed by atoms with Gasteiger partial charge in [-0.05, 0) is 19.1 Å². The van der Waals surface area contributed by atoms with Crippen molar-refractivity contribution in [3.05, 3.63) is 74.2 Å². The van der Waals surface area contributed by atoms with E-state index in [1.54, 1.807) is 19.1 Å². The summed E-state index contributed by atoms with van der Waals surface area (Å²) >= 11 is 0. The van der Waals surface area contributed by atoms with Crippen molar-refractivity contribution in [3.8, 4) is 0 Å². The highest BCUT2D eigenvalue weighted by atomic mass is 19.4. The number of esters is 1. The number of nitro benzene ring substituents is 1. The number of rotatable bonds is 6. The number of ether oxygens (including phenoxy) is 1. The van der Waals surface area contributed by atoms with Crippen LogP contribution in [0.2, 0.25) is 0 Å². The third kappa shape index (κ3) is 4.97. The number of nitrogens with zero attached hydrogens (tertiary/aromatic N) is 3. The molecule has 13 heteroatoms. The molecule has 2 aromatic carbocycles. The summed E-state index contributed by atoms with van der Waals surface area (Å²) in [5, 5.41) is 17.0. The number of aryl methyl sites for hydroxylation is 1. The van der Waals surface area contributed by atoms with Gasteiger partial charge in [-0.2, -0.15) is 18.3 Å². The van der Waals surface area contributed by atoms with Gasteiger partial charge in [-0.3, -0.25) is 19.7 Å². The summed E-state index contributed by atoms with van der Waals surface area (Å²) in [7, 11) is 0. The topological polar surface area (TPSA) is 133 Å². The molecule has 0 aliphatic rings. The Balaban J connectivity index is 1.80. The summed E-state index contributed by atoms with van der Waals surface area (Å²) in [6.07, 6.45) is -4.98. The Morgan fingerprint density at radius 3 is 2.45 bits per heavy atom. The standard InChI is InChI=1S/C20H15F3N4O6/c1-2-26-18(29)13-6-4-3-5-12(13)17(25-26)19(30)33-10-16(28)24-15-8-7-11(27(31)32)9-14(15)20(21,22)23/h3-9H,2,10H2,1H3,(H,24,28). The summed E-state index contributed by atoms with van der Waals surface area (Å²) in [6.45, 7) is 0.827. The lowest BCUT2D eigenvalue weighted by molar-refractivity contribution is -0.385. The minimum absolute atomic E-state index is 0.158. The maximum absolute atomic E-state index is 13.2. The number of nitrogens with one attached hydrogen (secondary N) is 1. The number of aromatic nitrogens is 2. The summed E-state index contributed by atoms with van der Waals surface area (Å²) in [4.78, 5) is 46.7. The largest absolute Gasteiger partial charge is 0.451 e. The Bertz CT molecular complexity index is 1320. The van der Waals surface area contributed by atoms with E-state index in [1.165, 1.54) is 12.1 Å². The normalized spacial score (nSPS) is 11.3. The molecule has 172 valence electrons. The molecule has 0 fully saturated rings. The Morgan fingerprint density at radius 1 is 1.18 bits per heavy atom. The van der Waals surface area contributed by atoms with Crippen molar-refractivity contribution in [1.82, 2.24) is 9.78 Å². The minimum Gasteiger partial charge on any atom is -0.451 e. The van der Waals surface area contributed by atoms with Crippen molar-refractivity contribution < 1.29 is 32.4 Å². The number of carbonyl (C=O) groups is 2. The molecule has 0 aliphatic carbocycles. The number of anilines is 1. The van der Waals surface area contributed by atoms with Crippen LogP contribution in [0.3, 0.4) is 0 Å². The van der Waals surface area contributed by atoms with E-state index < -0.39 is 52.1 Å². The van der Waals surface area contributed by atoms with Crippen LogP contribution in [-0.2, 0) is 22.3 Å². The average molecular weight is 464 g/mol. The summed E-state index contributed by atoms with van der Waals surface area (Å²) in [5.41, 5.74) is -3.65. The first kappa shape index (κ1) is 23.4. The van der Waals surface area contributed by atoms with Gasteiger partial charge in [0.15, 0.2) is 12.3 Å². The highest BCUT2D eigenvalue weighted by Gasteiger charge is 2.35. The van der Waals surface area contributed by atoms with E-state index >= 15 is 0 Å². The molecule has 0 saturated heterocycles. The van der Waals surface area contributed by atoms with E-state index in [1.807, 2.05) is 5.32 Å². The van der Waals surface area contributed by atoms with E-state index in [0.29, 0.717) is 0 Å². The van der Waals surface area contributed by atoms with Crippen molar-refractivity contribution in [1.29, 1.82) is 0 Å². The number of carbonyl (C=O) groups excluding carboxylic acids is 2. The van der Waals surface area contributed by atoms with Crippen molar-refractivity contribution in [2.45, 2.75) is 19.6 Å². The molecule has 33 heavy (non-hydrogen) atoms. The molecule has 0 atom stereocenters. The van der Waals surface area contributed by atoms with Crippen LogP contribution in [0.1, 0.15) is 23.0 Å². The molecule has 0 bridgehead atoms. The van der Waals surface area contributed by atoms with Gasteiger partial charge in [-0.25, -0.2) is 9.48 Å². The second-order valence-electron chi connectivity index (χ2n) is 6.62. The molecule has 0 saturated carbocycles. The maximum atomic E-state index is 13.2. The molecular formula is C20H15F3N4O6. The quantitative estimate of drug-likeness (QED) is 0.337. The molecule has 0 spiro atoms. The van der Waals surface area contributed by atoms with E-state index in [9.17, 15) is 37.7 Å². The number of fused-ring (bicyclic) bond motifs is 1. The lowest BCUT2D eigenvalue weighted by Gasteiger charge is -2.14. The molecule has 10 nitrogen and oxygen atoms in total. The minimum atomic E-state index is -4.98. The fourth-order valence-corrected chi connectivity index (χ4v) is 2.98. The molecule has 3 rings (SSSR count). The molecular weight excluding hydrogens is 449 g/mol. The van der Waals surface area contributed by atoms with Gasteiger partial charge in [0.05, 0.1) is 21.6 Å². The molecule has 0 aliphatic heterocycles. The number of alkyl halides is 3. The fourth-order valence-electron chi connectivity index (χ4n) is 2.98. The molecule has 1 N–H and O–H groups in total. The van der Waals surface area contributed by atoms with E-state index in [0.717, 1.165) is 16.8 Å². The van der Waals surface area contributed by atoms with Crippen LogP contribution >= 0.6 is 0 Å². The number of hydrogen-bond acceptors (Lipinski definition) is 7. The van der Waals surface area contributed by atoms with Gasteiger partial charge in [0.2, 0.25) is 0 Å². The monoisotopic (exact) mass is 464 g/mol. The van der Waals surface area contributed by atoms with Gasteiger partial charge in [0.1, 0.15) is 0 Å². The first-order chi connectivity index (χ1) is 15.5. The molecule has 1 amide bonds. The van der Waals surface area contributed by atoms with E-state index in [-0.39, 0.29) is 29.1 Å². The average Bonchev–Trinajstić information content (AvgIpc) is 2.77. The third-order valence-electron chi connectivity index (χ3n) is 4.49. The van der Waals surface area contributed by atoms with Gasteiger partial charge in [-0.1, -0.05) is 18.2 Å². The highest BCUT2D eigenvalue weighted by molar-refractivity contribution is 6.03. The van der Waals surface area contributed by atoms with Crippen LogP contribution in [0.25, 0.3) is 10.8 Å². The molecule has 0 unspecified atom stereocenters. The third-order valence-corrected chi connectivity index (χ3v) is 4.49. The Kier molecular flexibility index (Phi) is 6.42. The van der Waals surface area contributed by atoms with Gasteiger partial charge >= 0.3 is 12.1 Å². The van der Waals surface area contributed by atoms with Gasteiger partial charge in [-0.15, -0.1) is 0 Å². The zero-order chi connectivity index (χ0) is 24.3. The molecule has 1 heterocycles. The first-order valence-electron chi connectivity index (χ1n) is 9.35. The van der Waals surface area contributed by atoms with Crippen LogP contribution in [0, 0.1) is 10.1 Å². The number of hydrogen-bond donors (Lipinski definition) is 1. The summed E-state index contributed by atoms with van der Waals surface area (Å²) in [5.74, 6) is -2.18. The maximum Gasteiger partial charge on any atom is 0.418 e. The molecule has 3 aromatic rings. The summed E-state index contributed by atoms with van der Waals surface area (Å²) < 4.78 is 45.6. The summed E-state index contributed by atoms with van der Waals surface area (Å²) in [6, 6.07) is 7.92. The second kappa shape index (κ2) is 9.06. The number of non-ortho nitro benzene ring substituents is 1. The van der Waals surface area contributed by atoms with Crippen LogP contribution in [0.15, 0.2) is 47.3 Å². The Hall–Kier alpha value is -4.29. The number of amides is 1. The Labute approximate surface area is 182 Å². The van der Waals surface area contributed by atoms with Crippen LogP contribution in [-0.4, -0.2) is 33.2 Å². The number of benzene rings is 2. The van der Waals surface area contributed by atoms with Crippen molar-refractivity contribution in [2.24, 2.45) is 0 Å². The van der Waals surface area contributed by atoms with Crippen molar-refractivity contribution >= 4 is 34.0 Å². The fraction of sp³-hybridized carbons (Fsp3) is 0.200. The molecule has 1 aromatic heterocycles. The van der Waals surface area contributed by atoms with Crippen LogP contribution in [0.4, 0.5) is 24.5 Å². The number of halogens is 3. The van der Waals surface area contributed by atoms with Crippen molar-refractivity contribution in [2.75, 3.05) is 11.9 Å². The Morgan fingerprint density at radius 2 is 1.85 bits per heavy atom. The number of nitro groups is 1. The first-order valence-corrected chi connectivity index (χ1v) is 9.35. The predicted molar refractivity (Wildman–Crippen MR) is 109 cm³/mol. The SMILES string of the molecule is CCn1nc(C(=O)OCC(=O)Nc2ccc([N+](=O)[O-])cc2C(F)(F)F)c2ccccc2c1=O. The van der Waals surface area contributed by atoms with Crippen LogP contribution in [0.5, 0.6) is 0 Å².